The third kappa shape index (κ3) is 3.63. The van der Waals surface area contributed by atoms with Crippen LogP contribution in [-0.4, -0.2) is 33.4 Å². The molecule has 3 rings (SSSR count). The molecule has 0 amide bonds. The smallest absolute Gasteiger partial charge is 0.211 e. The molecule has 8 nitrogen and oxygen atoms in total. The van der Waals surface area contributed by atoms with E-state index in [1.807, 2.05) is 25.1 Å². The molecule has 3 heterocycles. The Bertz CT molecular complexity index is 915. The van der Waals surface area contributed by atoms with Crippen LogP contribution in [0.15, 0.2) is 41.3 Å². The summed E-state index contributed by atoms with van der Waals surface area (Å²) in [5, 5.41) is 15.9. The van der Waals surface area contributed by atoms with Crippen molar-refractivity contribution in [1.82, 2.24) is 20.2 Å². The number of nitrogens with two attached hydrogens (primary N) is 1. The van der Waals surface area contributed by atoms with Gasteiger partial charge in [-0.1, -0.05) is 11.3 Å². The zero-order valence-electron chi connectivity index (χ0n) is 13.2. The predicted octanol–water partition coefficient (Wildman–Crippen LogP) is 2.45. The Kier molecular flexibility index (Phi) is 4.62. The van der Waals surface area contributed by atoms with E-state index in [1.165, 1.54) is 17.5 Å². The van der Waals surface area contributed by atoms with Crippen LogP contribution in [-0.2, 0) is 0 Å². The van der Waals surface area contributed by atoms with Crippen LogP contribution in [0, 0.1) is 6.92 Å². The topological polar surface area (TPSA) is 114 Å². The minimum absolute atomic E-state index is 0.678. The van der Waals surface area contributed by atoms with Gasteiger partial charge in [0.15, 0.2) is 0 Å². The van der Waals surface area contributed by atoms with Gasteiger partial charge in [0.05, 0.1) is 28.6 Å². The number of aryl methyl sites for hydroxylation is 1. The number of nitrogens with zero attached hydrogens (tertiary/aromatic N) is 5. The van der Waals surface area contributed by atoms with Crippen molar-refractivity contribution >= 4 is 45.2 Å². The summed E-state index contributed by atoms with van der Waals surface area (Å²) in [6, 6.07) is 5.65. The molecule has 0 radical (unpaired) electrons. The van der Waals surface area contributed by atoms with E-state index in [1.54, 1.807) is 19.5 Å². The van der Waals surface area contributed by atoms with E-state index in [2.05, 4.69) is 35.8 Å². The minimum atomic E-state index is 0.678. The van der Waals surface area contributed by atoms with Gasteiger partial charge in [-0.15, -0.1) is 10.2 Å². The third-order valence-corrected chi connectivity index (χ3v) is 3.79. The molecule has 0 aliphatic carbocycles. The van der Waals surface area contributed by atoms with Crippen molar-refractivity contribution < 1.29 is 0 Å². The average Bonchev–Trinajstić information content (AvgIpc) is 2.99. The molecule has 0 bridgehead atoms. The highest BCUT2D eigenvalue weighted by molar-refractivity contribution is 7.15. The van der Waals surface area contributed by atoms with Gasteiger partial charge in [-0.05, 0) is 25.1 Å². The molecule has 0 aliphatic rings. The van der Waals surface area contributed by atoms with E-state index >= 15 is 0 Å². The first-order valence-corrected chi connectivity index (χ1v) is 7.94. The summed E-state index contributed by atoms with van der Waals surface area (Å²) < 4.78 is 0. The van der Waals surface area contributed by atoms with Crippen molar-refractivity contribution in [3.8, 4) is 0 Å². The summed E-state index contributed by atoms with van der Waals surface area (Å²) in [4.78, 5) is 12.9. The molecule has 4 N–H and O–H groups in total. The van der Waals surface area contributed by atoms with Crippen molar-refractivity contribution in [2.75, 3.05) is 17.7 Å². The summed E-state index contributed by atoms with van der Waals surface area (Å²) >= 11 is 1.47. The number of anilines is 3. The van der Waals surface area contributed by atoms with Gasteiger partial charge >= 0.3 is 0 Å². The SMILES string of the molecule is CN=CC(=CN)Nc1cnc2ccc(Nc3nnc(C)s3)nc2c1. The number of fused-ring (bicyclic) bond motifs is 1. The highest BCUT2D eigenvalue weighted by Crippen LogP contribution is 2.22. The van der Waals surface area contributed by atoms with Crippen molar-refractivity contribution in [1.29, 1.82) is 0 Å². The first kappa shape index (κ1) is 15.8. The molecule has 0 spiro atoms. The van der Waals surface area contributed by atoms with E-state index in [0.717, 1.165) is 21.7 Å². The lowest BCUT2D eigenvalue weighted by Gasteiger charge is -2.08. The van der Waals surface area contributed by atoms with Crippen LogP contribution in [0.2, 0.25) is 0 Å². The summed E-state index contributed by atoms with van der Waals surface area (Å²) in [5.74, 6) is 0.683. The van der Waals surface area contributed by atoms with Gasteiger partial charge in [0, 0.05) is 19.5 Å². The first-order chi connectivity index (χ1) is 11.7. The molecule has 0 saturated carbocycles. The Morgan fingerprint density at radius 3 is 2.88 bits per heavy atom. The maximum atomic E-state index is 5.56. The lowest BCUT2D eigenvalue weighted by atomic mass is 10.3. The van der Waals surface area contributed by atoms with Crippen molar-refractivity contribution in [2.45, 2.75) is 6.92 Å². The average molecular weight is 340 g/mol. The molecule has 0 atom stereocenters. The zero-order valence-corrected chi connectivity index (χ0v) is 14.0. The lowest BCUT2D eigenvalue weighted by Crippen LogP contribution is -2.04. The van der Waals surface area contributed by atoms with Crippen LogP contribution in [0.4, 0.5) is 16.6 Å². The number of aliphatic imine (C=N–C) groups is 1. The van der Waals surface area contributed by atoms with Crippen LogP contribution in [0.3, 0.4) is 0 Å². The fourth-order valence-corrected chi connectivity index (χ4v) is 2.62. The van der Waals surface area contributed by atoms with Gasteiger partial charge in [0.1, 0.15) is 10.8 Å². The first-order valence-electron chi connectivity index (χ1n) is 7.13. The predicted molar refractivity (Wildman–Crippen MR) is 97.8 cm³/mol. The maximum absolute atomic E-state index is 5.56. The Labute approximate surface area is 142 Å². The Morgan fingerprint density at radius 1 is 1.29 bits per heavy atom. The molecule has 0 unspecified atom stereocenters. The molecule has 24 heavy (non-hydrogen) atoms. The number of nitrogens with one attached hydrogen (secondary N) is 2. The standard InChI is InChI=1S/C15H16N8S/c1-9-22-23-15(24-9)21-14-4-3-12-13(20-14)5-10(8-18-12)19-11(6-16)7-17-2/h3-8,19H,16H2,1-2H3,(H,20,21,23). The molecular formula is C15H16N8S. The van der Waals surface area contributed by atoms with Gasteiger partial charge in [0.25, 0.3) is 0 Å². The van der Waals surface area contributed by atoms with Crippen molar-refractivity contribution in [3.63, 3.8) is 0 Å². The number of aromatic nitrogens is 4. The number of hydrogen-bond acceptors (Lipinski definition) is 9. The molecule has 3 aromatic heterocycles. The summed E-state index contributed by atoms with van der Waals surface area (Å²) in [6.07, 6.45) is 4.80. The molecule has 0 fully saturated rings. The van der Waals surface area contributed by atoms with Crippen LogP contribution < -0.4 is 16.4 Å². The highest BCUT2D eigenvalue weighted by atomic mass is 32.1. The quantitative estimate of drug-likeness (QED) is 0.611. The van der Waals surface area contributed by atoms with Crippen LogP contribution in [0.25, 0.3) is 11.0 Å². The molecule has 0 saturated heterocycles. The minimum Gasteiger partial charge on any atom is -0.403 e. The number of rotatable bonds is 5. The van der Waals surface area contributed by atoms with Gasteiger partial charge in [-0.2, -0.15) is 0 Å². The van der Waals surface area contributed by atoms with Crippen molar-refractivity contribution in [3.05, 3.63) is 41.3 Å². The van der Waals surface area contributed by atoms with E-state index in [4.69, 9.17) is 5.73 Å². The molecule has 122 valence electrons. The van der Waals surface area contributed by atoms with Gasteiger partial charge in [0.2, 0.25) is 5.13 Å². The maximum Gasteiger partial charge on any atom is 0.211 e. The summed E-state index contributed by atoms with van der Waals surface area (Å²) in [7, 11) is 1.68. The zero-order chi connectivity index (χ0) is 16.9. The molecular weight excluding hydrogens is 324 g/mol. The van der Waals surface area contributed by atoms with Gasteiger partial charge < -0.3 is 16.4 Å². The highest BCUT2D eigenvalue weighted by Gasteiger charge is 2.05. The fraction of sp³-hybridized carbons (Fsp3) is 0.133. The second kappa shape index (κ2) is 7.01. The van der Waals surface area contributed by atoms with Crippen LogP contribution in [0.1, 0.15) is 5.01 Å². The largest absolute Gasteiger partial charge is 0.403 e. The fourth-order valence-electron chi connectivity index (χ4n) is 2.02. The van der Waals surface area contributed by atoms with Gasteiger partial charge in [-0.25, -0.2) is 4.98 Å². The molecule has 0 aromatic carbocycles. The molecule has 3 aromatic rings. The van der Waals surface area contributed by atoms with Gasteiger partial charge in [-0.3, -0.25) is 9.98 Å². The summed E-state index contributed by atoms with van der Waals surface area (Å²) in [6.45, 7) is 1.90. The molecule has 0 aliphatic heterocycles. The van der Waals surface area contributed by atoms with Crippen LogP contribution >= 0.6 is 11.3 Å². The number of pyridine rings is 2. The lowest BCUT2D eigenvalue weighted by molar-refractivity contribution is 1.05. The Morgan fingerprint density at radius 2 is 2.17 bits per heavy atom. The normalized spacial score (nSPS) is 12.0. The Hall–Kier alpha value is -3.07. The van der Waals surface area contributed by atoms with Crippen LogP contribution in [0.5, 0.6) is 0 Å². The monoisotopic (exact) mass is 340 g/mol. The number of allylic oxidation sites excluding steroid dienone is 1. The van der Waals surface area contributed by atoms with E-state index in [-0.39, 0.29) is 0 Å². The summed E-state index contributed by atoms with van der Waals surface area (Å²) in [5.41, 5.74) is 8.55. The van der Waals surface area contributed by atoms with E-state index in [0.29, 0.717) is 16.6 Å². The molecule has 9 heteroatoms. The van der Waals surface area contributed by atoms with Crippen molar-refractivity contribution in [2.24, 2.45) is 10.7 Å². The van der Waals surface area contributed by atoms with E-state index in [9.17, 15) is 0 Å². The Balaban J connectivity index is 1.87. The second-order valence-electron chi connectivity index (χ2n) is 4.84. The number of hydrogen-bond donors (Lipinski definition) is 3. The third-order valence-electron chi connectivity index (χ3n) is 3.03. The van der Waals surface area contributed by atoms with E-state index < -0.39 is 0 Å². The second-order valence-corrected chi connectivity index (χ2v) is 6.03.